The van der Waals surface area contributed by atoms with Gasteiger partial charge < -0.3 is 16.4 Å². The number of nitrogens with two attached hydrogens (primary N) is 2. The van der Waals surface area contributed by atoms with Crippen molar-refractivity contribution < 1.29 is 9.72 Å². The third-order valence-electron chi connectivity index (χ3n) is 2.52. The fourth-order valence-corrected chi connectivity index (χ4v) is 1.61. The van der Waals surface area contributed by atoms with Gasteiger partial charge in [-0.1, -0.05) is 6.07 Å². The van der Waals surface area contributed by atoms with Crippen molar-refractivity contribution in [3.8, 4) is 0 Å². The standard InChI is InChI=1S/C11H16N4O3/c1-14(5-4-12)7-9-3-2-8(11(13)16)6-10(9)15(17)18/h2-3,6H,4-5,7,12H2,1H3,(H2,13,16). The topological polar surface area (TPSA) is 115 Å². The van der Waals surface area contributed by atoms with Crippen molar-refractivity contribution in [2.45, 2.75) is 6.54 Å². The summed E-state index contributed by atoms with van der Waals surface area (Å²) in [5.74, 6) is -0.681. The maximum absolute atomic E-state index is 11.0. The van der Waals surface area contributed by atoms with E-state index in [9.17, 15) is 14.9 Å². The molecule has 0 unspecified atom stereocenters. The lowest BCUT2D eigenvalue weighted by molar-refractivity contribution is -0.385. The highest BCUT2D eigenvalue weighted by atomic mass is 16.6. The number of nitro benzene ring substituents is 1. The molecule has 0 spiro atoms. The van der Waals surface area contributed by atoms with Crippen LogP contribution in [0.4, 0.5) is 5.69 Å². The first-order valence-electron chi connectivity index (χ1n) is 5.41. The second kappa shape index (κ2) is 6.08. The van der Waals surface area contributed by atoms with Gasteiger partial charge in [0.25, 0.3) is 5.69 Å². The second-order valence-electron chi connectivity index (χ2n) is 3.99. The van der Waals surface area contributed by atoms with Gasteiger partial charge in [0.2, 0.25) is 5.91 Å². The van der Waals surface area contributed by atoms with Crippen LogP contribution in [-0.2, 0) is 6.54 Å². The van der Waals surface area contributed by atoms with Crippen molar-refractivity contribution in [1.29, 1.82) is 0 Å². The summed E-state index contributed by atoms with van der Waals surface area (Å²) in [7, 11) is 1.82. The first-order valence-corrected chi connectivity index (χ1v) is 5.41. The Morgan fingerprint density at radius 3 is 2.67 bits per heavy atom. The quantitative estimate of drug-likeness (QED) is 0.549. The molecule has 98 valence electrons. The van der Waals surface area contributed by atoms with E-state index in [4.69, 9.17) is 11.5 Å². The SMILES string of the molecule is CN(CCN)Cc1ccc(C(N)=O)cc1[N+](=O)[O-]. The van der Waals surface area contributed by atoms with Gasteiger partial charge in [-0.05, 0) is 13.1 Å². The molecule has 1 amide bonds. The van der Waals surface area contributed by atoms with Crippen molar-refractivity contribution >= 4 is 11.6 Å². The molecule has 0 heterocycles. The molecule has 0 aliphatic carbocycles. The average molecular weight is 252 g/mol. The molecule has 0 atom stereocenters. The third kappa shape index (κ3) is 3.51. The summed E-state index contributed by atoms with van der Waals surface area (Å²) in [4.78, 5) is 23.3. The Labute approximate surface area is 105 Å². The van der Waals surface area contributed by atoms with Crippen LogP contribution in [0.5, 0.6) is 0 Å². The van der Waals surface area contributed by atoms with Gasteiger partial charge in [-0.2, -0.15) is 0 Å². The number of primary amides is 1. The van der Waals surface area contributed by atoms with Gasteiger partial charge in [0.05, 0.1) is 4.92 Å². The van der Waals surface area contributed by atoms with E-state index >= 15 is 0 Å². The van der Waals surface area contributed by atoms with Gasteiger partial charge >= 0.3 is 0 Å². The number of hydrogen-bond donors (Lipinski definition) is 2. The van der Waals surface area contributed by atoms with E-state index in [1.54, 1.807) is 6.07 Å². The van der Waals surface area contributed by atoms with E-state index < -0.39 is 10.8 Å². The molecule has 1 rings (SSSR count). The summed E-state index contributed by atoms with van der Waals surface area (Å²) >= 11 is 0. The van der Waals surface area contributed by atoms with Gasteiger partial charge in [-0.15, -0.1) is 0 Å². The normalized spacial score (nSPS) is 10.6. The van der Waals surface area contributed by atoms with E-state index in [1.165, 1.54) is 12.1 Å². The van der Waals surface area contributed by atoms with Crippen LogP contribution in [0.1, 0.15) is 15.9 Å². The van der Waals surface area contributed by atoms with Crippen LogP contribution in [0.2, 0.25) is 0 Å². The molecule has 4 N–H and O–H groups in total. The highest BCUT2D eigenvalue weighted by molar-refractivity contribution is 5.93. The summed E-state index contributed by atoms with van der Waals surface area (Å²) in [6.45, 7) is 1.50. The molecule has 0 fully saturated rings. The molecule has 1 aromatic carbocycles. The van der Waals surface area contributed by atoms with Gasteiger partial charge in [-0.25, -0.2) is 0 Å². The van der Waals surface area contributed by atoms with Crippen LogP contribution < -0.4 is 11.5 Å². The highest BCUT2D eigenvalue weighted by Gasteiger charge is 2.17. The maximum atomic E-state index is 11.0. The van der Waals surface area contributed by atoms with Gasteiger partial charge in [0, 0.05) is 36.8 Å². The largest absolute Gasteiger partial charge is 0.366 e. The van der Waals surface area contributed by atoms with E-state index in [2.05, 4.69) is 0 Å². The first-order chi connectivity index (χ1) is 8.45. The lowest BCUT2D eigenvalue weighted by atomic mass is 10.1. The molecule has 0 aromatic heterocycles. The number of carbonyl (C=O) groups is 1. The number of nitro groups is 1. The minimum Gasteiger partial charge on any atom is -0.366 e. The summed E-state index contributed by atoms with van der Waals surface area (Å²) < 4.78 is 0. The summed E-state index contributed by atoms with van der Waals surface area (Å²) in [5.41, 5.74) is 11.1. The lowest BCUT2D eigenvalue weighted by Crippen LogP contribution is -2.25. The van der Waals surface area contributed by atoms with E-state index in [0.29, 0.717) is 25.2 Å². The molecular formula is C11H16N4O3. The molecule has 0 saturated carbocycles. The van der Waals surface area contributed by atoms with Crippen LogP contribution in [-0.4, -0.2) is 35.9 Å². The van der Waals surface area contributed by atoms with E-state index in [0.717, 1.165) is 0 Å². The molecule has 0 aliphatic rings. The molecule has 0 saturated heterocycles. The van der Waals surface area contributed by atoms with Crippen LogP contribution in [0, 0.1) is 10.1 Å². The fourth-order valence-electron chi connectivity index (χ4n) is 1.61. The minimum absolute atomic E-state index is 0.102. The Hall–Kier alpha value is -1.99. The number of amides is 1. The number of nitrogens with zero attached hydrogens (tertiary/aromatic N) is 2. The third-order valence-corrected chi connectivity index (χ3v) is 2.52. The summed E-state index contributed by atoms with van der Waals surface area (Å²) in [6.07, 6.45) is 0. The Kier molecular flexibility index (Phi) is 4.75. The average Bonchev–Trinajstić information content (AvgIpc) is 2.29. The molecule has 18 heavy (non-hydrogen) atoms. The fraction of sp³-hybridized carbons (Fsp3) is 0.364. The van der Waals surface area contributed by atoms with Crippen LogP contribution in [0.25, 0.3) is 0 Å². The molecule has 7 nitrogen and oxygen atoms in total. The Morgan fingerprint density at radius 1 is 1.50 bits per heavy atom. The van der Waals surface area contributed by atoms with Crippen molar-refractivity contribution in [3.63, 3.8) is 0 Å². The number of rotatable bonds is 6. The van der Waals surface area contributed by atoms with Crippen molar-refractivity contribution in [2.24, 2.45) is 11.5 Å². The predicted octanol–water partition coefficient (Wildman–Crippen LogP) is 0.0842. The van der Waals surface area contributed by atoms with Crippen molar-refractivity contribution in [1.82, 2.24) is 4.90 Å². The molecule has 7 heteroatoms. The number of likely N-dealkylation sites (N-methyl/N-ethyl adjacent to an activating group) is 1. The number of benzene rings is 1. The van der Waals surface area contributed by atoms with Gasteiger partial charge in [0.1, 0.15) is 0 Å². The zero-order chi connectivity index (χ0) is 13.7. The smallest absolute Gasteiger partial charge is 0.274 e. The number of carbonyl (C=O) groups excluding carboxylic acids is 1. The molecule has 0 aliphatic heterocycles. The van der Waals surface area contributed by atoms with Gasteiger partial charge in [-0.3, -0.25) is 14.9 Å². The minimum atomic E-state index is -0.681. The van der Waals surface area contributed by atoms with Crippen LogP contribution >= 0.6 is 0 Å². The molecule has 0 radical (unpaired) electrons. The molecule has 0 bridgehead atoms. The zero-order valence-corrected chi connectivity index (χ0v) is 10.1. The molecular weight excluding hydrogens is 236 g/mol. The Balaban J connectivity index is 3.04. The van der Waals surface area contributed by atoms with Gasteiger partial charge in [0.15, 0.2) is 0 Å². The maximum Gasteiger partial charge on any atom is 0.274 e. The van der Waals surface area contributed by atoms with E-state index in [1.807, 2.05) is 11.9 Å². The highest BCUT2D eigenvalue weighted by Crippen LogP contribution is 2.21. The lowest BCUT2D eigenvalue weighted by Gasteiger charge is -2.15. The van der Waals surface area contributed by atoms with Crippen LogP contribution in [0.15, 0.2) is 18.2 Å². The predicted molar refractivity (Wildman–Crippen MR) is 67.0 cm³/mol. The van der Waals surface area contributed by atoms with Crippen molar-refractivity contribution in [3.05, 3.63) is 39.4 Å². The monoisotopic (exact) mass is 252 g/mol. The van der Waals surface area contributed by atoms with E-state index in [-0.39, 0.29) is 11.3 Å². The van der Waals surface area contributed by atoms with Crippen LogP contribution in [0.3, 0.4) is 0 Å². The Morgan fingerprint density at radius 2 is 2.17 bits per heavy atom. The molecule has 1 aromatic rings. The first kappa shape index (κ1) is 14.1. The summed E-state index contributed by atoms with van der Waals surface area (Å²) in [6, 6.07) is 4.24. The number of hydrogen-bond acceptors (Lipinski definition) is 5. The Bertz CT molecular complexity index is 462. The summed E-state index contributed by atoms with van der Waals surface area (Å²) in [5, 5.41) is 10.9. The van der Waals surface area contributed by atoms with Crippen molar-refractivity contribution in [2.75, 3.05) is 20.1 Å². The second-order valence-corrected chi connectivity index (χ2v) is 3.99. The zero-order valence-electron chi connectivity index (χ0n) is 10.1.